The van der Waals surface area contributed by atoms with E-state index in [2.05, 4.69) is 17.2 Å². The van der Waals surface area contributed by atoms with Crippen LogP contribution < -0.4 is 10.6 Å². The fourth-order valence-electron chi connectivity index (χ4n) is 4.27. The summed E-state index contributed by atoms with van der Waals surface area (Å²) in [6.07, 6.45) is 3.42. The summed E-state index contributed by atoms with van der Waals surface area (Å²) in [6, 6.07) is 11.6. The Morgan fingerprint density at radius 1 is 1.10 bits per heavy atom. The SMILES string of the molecule is C=Cc1cccc(C(C(=O)NCCCC)N(C(=O)C(Cc2ccc(O)cc2)NC(=O)OC(C)(C)C)C(C)CC)c1. The maximum atomic E-state index is 14.4. The minimum atomic E-state index is -1.03. The highest BCUT2D eigenvalue weighted by Crippen LogP contribution is 2.28. The lowest BCUT2D eigenvalue weighted by Crippen LogP contribution is -2.56. The monoisotopic (exact) mass is 551 g/mol. The van der Waals surface area contributed by atoms with Crippen LogP contribution >= 0.6 is 0 Å². The third kappa shape index (κ3) is 9.74. The van der Waals surface area contributed by atoms with Gasteiger partial charge in [-0.2, -0.15) is 0 Å². The zero-order valence-electron chi connectivity index (χ0n) is 24.7. The van der Waals surface area contributed by atoms with Crippen LogP contribution in [0.4, 0.5) is 4.79 Å². The van der Waals surface area contributed by atoms with Crippen molar-refractivity contribution in [1.29, 1.82) is 0 Å². The van der Waals surface area contributed by atoms with Crippen LogP contribution in [0.15, 0.2) is 55.1 Å². The van der Waals surface area contributed by atoms with Crippen molar-refractivity contribution in [1.82, 2.24) is 15.5 Å². The Bertz CT molecular complexity index is 1140. The van der Waals surface area contributed by atoms with Gasteiger partial charge in [0.25, 0.3) is 0 Å². The highest BCUT2D eigenvalue weighted by atomic mass is 16.6. The van der Waals surface area contributed by atoms with E-state index in [0.717, 1.165) is 24.0 Å². The number of benzene rings is 2. The first kappa shape index (κ1) is 32.4. The number of hydrogen-bond donors (Lipinski definition) is 3. The van der Waals surface area contributed by atoms with Crippen molar-refractivity contribution in [2.45, 2.75) is 91.0 Å². The average molecular weight is 552 g/mol. The molecule has 8 nitrogen and oxygen atoms in total. The molecule has 2 aromatic carbocycles. The van der Waals surface area contributed by atoms with Crippen molar-refractivity contribution >= 4 is 24.0 Å². The van der Waals surface area contributed by atoms with Gasteiger partial charge in [0.1, 0.15) is 23.4 Å². The second kappa shape index (κ2) is 15.1. The van der Waals surface area contributed by atoms with Crippen molar-refractivity contribution in [2.24, 2.45) is 0 Å². The standard InChI is InChI=1S/C32H45N3O5/c1-8-11-19-33-29(37)28(25-14-12-13-23(10-3)20-25)35(22(4)9-2)30(38)27(34-31(39)40-32(5,6)7)21-24-15-17-26(36)18-16-24/h10,12-18,20,22,27-28,36H,3,8-9,11,19,21H2,1-2,4-7H3,(H,33,37)(H,34,39). The minimum absolute atomic E-state index is 0.0962. The van der Waals surface area contributed by atoms with E-state index in [1.165, 1.54) is 12.1 Å². The van der Waals surface area contributed by atoms with E-state index in [4.69, 9.17) is 4.74 Å². The second-order valence-electron chi connectivity index (χ2n) is 11.0. The van der Waals surface area contributed by atoms with Gasteiger partial charge in [0, 0.05) is 19.0 Å². The number of carbonyl (C=O) groups is 3. The maximum absolute atomic E-state index is 14.4. The number of nitrogens with zero attached hydrogens (tertiary/aromatic N) is 1. The minimum Gasteiger partial charge on any atom is -0.508 e. The molecule has 8 heteroatoms. The van der Waals surface area contributed by atoms with E-state index in [0.29, 0.717) is 18.5 Å². The molecule has 0 aliphatic carbocycles. The number of phenolic OH excluding ortho intramolecular Hbond substituents is 1. The summed E-state index contributed by atoms with van der Waals surface area (Å²) in [4.78, 5) is 42.6. The molecule has 3 atom stereocenters. The fourth-order valence-corrected chi connectivity index (χ4v) is 4.27. The van der Waals surface area contributed by atoms with Gasteiger partial charge in [-0.3, -0.25) is 9.59 Å². The lowest BCUT2D eigenvalue weighted by Gasteiger charge is -2.38. The van der Waals surface area contributed by atoms with Crippen LogP contribution in [0.5, 0.6) is 5.75 Å². The summed E-state index contributed by atoms with van der Waals surface area (Å²) < 4.78 is 5.48. The second-order valence-corrected chi connectivity index (χ2v) is 11.0. The molecule has 0 aliphatic rings. The Morgan fingerprint density at radius 3 is 2.35 bits per heavy atom. The predicted octanol–water partition coefficient (Wildman–Crippen LogP) is 5.76. The van der Waals surface area contributed by atoms with Gasteiger partial charge in [0.15, 0.2) is 0 Å². The molecule has 0 aliphatic heterocycles. The normalized spacial score (nSPS) is 13.4. The highest BCUT2D eigenvalue weighted by Gasteiger charge is 2.38. The quantitative estimate of drug-likeness (QED) is 0.275. The number of rotatable bonds is 13. The zero-order chi connectivity index (χ0) is 29.9. The molecular formula is C32H45N3O5. The lowest BCUT2D eigenvalue weighted by molar-refractivity contribution is -0.145. The first-order valence-electron chi connectivity index (χ1n) is 14.0. The van der Waals surface area contributed by atoms with Gasteiger partial charge >= 0.3 is 6.09 Å². The van der Waals surface area contributed by atoms with E-state index in [9.17, 15) is 19.5 Å². The highest BCUT2D eigenvalue weighted by molar-refractivity contribution is 5.92. The Kier molecular flexibility index (Phi) is 12.2. The molecular weight excluding hydrogens is 506 g/mol. The molecule has 2 aromatic rings. The van der Waals surface area contributed by atoms with Gasteiger partial charge < -0.3 is 25.4 Å². The van der Waals surface area contributed by atoms with E-state index >= 15 is 0 Å². The Morgan fingerprint density at radius 2 is 1.77 bits per heavy atom. The number of hydrogen-bond acceptors (Lipinski definition) is 5. The van der Waals surface area contributed by atoms with Crippen LogP contribution in [0.1, 0.15) is 83.5 Å². The topological polar surface area (TPSA) is 108 Å². The van der Waals surface area contributed by atoms with Crippen LogP contribution in [0.3, 0.4) is 0 Å². The summed E-state index contributed by atoms with van der Waals surface area (Å²) in [5.74, 6) is -0.601. The molecule has 3 amide bonds. The van der Waals surface area contributed by atoms with Crippen LogP contribution in [-0.4, -0.2) is 52.1 Å². The number of aromatic hydroxyl groups is 1. The van der Waals surface area contributed by atoms with Gasteiger partial charge in [-0.1, -0.05) is 63.3 Å². The van der Waals surface area contributed by atoms with E-state index in [1.54, 1.807) is 43.9 Å². The number of ether oxygens (including phenoxy) is 1. The summed E-state index contributed by atoms with van der Waals surface area (Å²) in [5, 5.41) is 15.5. The summed E-state index contributed by atoms with van der Waals surface area (Å²) in [7, 11) is 0. The van der Waals surface area contributed by atoms with Gasteiger partial charge in [0.2, 0.25) is 11.8 Å². The van der Waals surface area contributed by atoms with Crippen molar-refractivity contribution in [2.75, 3.05) is 6.54 Å². The van der Waals surface area contributed by atoms with Crippen molar-refractivity contribution in [3.63, 3.8) is 0 Å². The van der Waals surface area contributed by atoms with Crippen molar-refractivity contribution < 1.29 is 24.2 Å². The predicted molar refractivity (Wildman–Crippen MR) is 159 cm³/mol. The molecule has 0 fully saturated rings. The van der Waals surface area contributed by atoms with E-state index in [-0.39, 0.29) is 24.1 Å². The molecule has 0 heterocycles. The number of amides is 3. The zero-order valence-corrected chi connectivity index (χ0v) is 24.7. The number of unbranched alkanes of at least 4 members (excludes halogenated alkanes) is 1. The largest absolute Gasteiger partial charge is 0.508 e. The maximum Gasteiger partial charge on any atom is 0.408 e. The Hall–Kier alpha value is -3.81. The lowest BCUT2D eigenvalue weighted by atomic mass is 9.96. The van der Waals surface area contributed by atoms with Crippen LogP contribution in [0.25, 0.3) is 6.08 Å². The molecule has 0 aromatic heterocycles. The average Bonchev–Trinajstić information content (AvgIpc) is 2.90. The first-order chi connectivity index (χ1) is 18.9. The van der Waals surface area contributed by atoms with E-state index < -0.39 is 29.7 Å². The van der Waals surface area contributed by atoms with Gasteiger partial charge in [-0.15, -0.1) is 0 Å². The molecule has 0 bridgehead atoms. The fraction of sp³-hybridized carbons (Fsp3) is 0.469. The van der Waals surface area contributed by atoms with Crippen LogP contribution in [0, 0.1) is 0 Å². The molecule has 2 rings (SSSR count). The van der Waals surface area contributed by atoms with Crippen LogP contribution in [-0.2, 0) is 20.7 Å². The molecule has 0 saturated carbocycles. The van der Waals surface area contributed by atoms with Gasteiger partial charge in [-0.25, -0.2) is 4.79 Å². The number of phenols is 1. The Labute approximate surface area is 238 Å². The molecule has 3 unspecified atom stereocenters. The smallest absolute Gasteiger partial charge is 0.408 e. The van der Waals surface area contributed by atoms with Gasteiger partial charge in [-0.05, 0) is 75.4 Å². The molecule has 0 saturated heterocycles. The Balaban J connectivity index is 2.59. The summed E-state index contributed by atoms with van der Waals surface area (Å²) in [5.41, 5.74) is 1.45. The van der Waals surface area contributed by atoms with Crippen molar-refractivity contribution in [3.05, 3.63) is 71.8 Å². The molecule has 3 N–H and O–H groups in total. The van der Waals surface area contributed by atoms with Gasteiger partial charge in [0.05, 0.1) is 0 Å². The molecule has 40 heavy (non-hydrogen) atoms. The number of carbonyl (C=O) groups excluding carboxylic acids is 3. The van der Waals surface area contributed by atoms with Crippen LogP contribution in [0.2, 0.25) is 0 Å². The van der Waals surface area contributed by atoms with E-state index in [1.807, 2.05) is 45.0 Å². The number of nitrogens with one attached hydrogen (secondary N) is 2. The summed E-state index contributed by atoms with van der Waals surface area (Å²) >= 11 is 0. The molecule has 0 spiro atoms. The third-order valence-corrected chi connectivity index (χ3v) is 6.50. The summed E-state index contributed by atoms with van der Waals surface area (Å²) in [6.45, 7) is 15.5. The molecule has 218 valence electrons. The molecule has 0 radical (unpaired) electrons. The third-order valence-electron chi connectivity index (χ3n) is 6.50. The van der Waals surface area contributed by atoms with Crippen molar-refractivity contribution in [3.8, 4) is 5.75 Å². The number of alkyl carbamates (subject to hydrolysis) is 1. The first-order valence-corrected chi connectivity index (χ1v) is 14.0.